The predicted octanol–water partition coefficient (Wildman–Crippen LogP) is 3.47. The summed E-state index contributed by atoms with van der Waals surface area (Å²) in [6.45, 7) is 0. The van der Waals surface area contributed by atoms with E-state index in [1.165, 1.54) is 0 Å². The minimum atomic E-state index is 0.284. The van der Waals surface area contributed by atoms with Gasteiger partial charge in [-0.25, -0.2) is 0 Å². The summed E-state index contributed by atoms with van der Waals surface area (Å²) in [7, 11) is 0. The van der Waals surface area contributed by atoms with Crippen LogP contribution < -0.4 is 0 Å². The fourth-order valence-electron chi connectivity index (χ4n) is 1.52. The molecule has 1 heterocycles. The number of hydrogen-bond donors (Lipinski definition) is 0. The van der Waals surface area contributed by atoms with Crippen LogP contribution in [0, 0.1) is 11.3 Å². The number of benzene rings is 1. The summed E-state index contributed by atoms with van der Waals surface area (Å²) >= 11 is 6.23. The summed E-state index contributed by atoms with van der Waals surface area (Å²) in [6, 6.07) is 11.9. The fraction of sp³-hybridized carbons (Fsp3) is 0.0769. The first kappa shape index (κ1) is 10.7. The van der Waals surface area contributed by atoms with Crippen molar-refractivity contribution >= 4 is 11.6 Å². The van der Waals surface area contributed by atoms with E-state index in [-0.39, 0.29) is 6.42 Å². The first-order chi connectivity index (χ1) is 7.83. The molecular formula is C13H9ClN2. The van der Waals surface area contributed by atoms with Gasteiger partial charge in [-0.2, -0.15) is 5.26 Å². The van der Waals surface area contributed by atoms with Gasteiger partial charge in [0.2, 0.25) is 0 Å². The Labute approximate surface area is 99.1 Å². The van der Waals surface area contributed by atoms with Crippen LogP contribution >= 0.6 is 11.6 Å². The zero-order chi connectivity index (χ0) is 11.4. The molecule has 0 spiro atoms. The molecule has 2 rings (SSSR count). The van der Waals surface area contributed by atoms with Crippen molar-refractivity contribution in [1.82, 2.24) is 4.98 Å². The Morgan fingerprint density at radius 3 is 2.62 bits per heavy atom. The molecule has 78 valence electrons. The summed E-state index contributed by atoms with van der Waals surface area (Å²) < 4.78 is 0. The second-order valence-electron chi connectivity index (χ2n) is 3.36. The summed E-state index contributed by atoms with van der Waals surface area (Å²) in [5, 5.41) is 9.28. The molecule has 0 fully saturated rings. The number of rotatable bonds is 2. The number of aromatic nitrogens is 1. The largest absolute Gasteiger partial charge is 0.264 e. The minimum absolute atomic E-state index is 0.284. The second-order valence-corrected chi connectivity index (χ2v) is 3.74. The summed E-state index contributed by atoms with van der Waals surface area (Å²) in [5.41, 5.74) is 2.65. The van der Waals surface area contributed by atoms with Crippen molar-refractivity contribution < 1.29 is 0 Å². The summed E-state index contributed by atoms with van der Waals surface area (Å²) in [5.74, 6) is 0. The smallest absolute Gasteiger partial charge is 0.0670 e. The molecule has 0 bridgehead atoms. The number of nitriles is 1. The highest BCUT2D eigenvalue weighted by Crippen LogP contribution is 2.29. The Bertz CT molecular complexity index is 529. The average Bonchev–Trinajstić information content (AvgIpc) is 2.33. The van der Waals surface area contributed by atoms with Gasteiger partial charge >= 0.3 is 0 Å². The highest BCUT2D eigenvalue weighted by molar-refractivity contribution is 6.34. The van der Waals surface area contributed by atoms with Crippen molar-refractivity contribution in [3.05, 3.63) is 53.3 Å². The molecule has 0 amide bonds. The molecule has 0 radical (unpaired) electrons. The first-order valence-electron chi connectivity index (χ1n) is 4.87. The molecule has 1 aromatic carbocycles. The molecule has 0 atom stereocenters. The molecule has 2 nitrogen and oxygen atoms in total. The quantitative estimate of drug-likeness (QED) is 0.789. The van der Waals surface area contributed by atoms with Crippen LogP contribution in [0.3, 0.4) is 0 Å². The van der Waals surface area contributed by atoms with E-state index in [0.29, 0.717) is 5.02 Å². The van der Waals surface area contributed by atoms with Crippen LogP contribution in [0.25, 0.3) is 11.1 Å². The van der Waals surface area contributed by atoms with Crippen molar-refractivity contribution in [1.29, 1.82) is 5.26 Å². The Hall–Kier alpha value is -1.85. The fourth-order valence-corrected chi connectivity index (χ4v) is 1.79. The van der Waals surface area contributed by atoms with E-state index >= 15 is 0 Å². The van der Waals surface area contributed by atoms with Crippen LogP contribution in [-0.4, -0.2) is 4.98 Å². The van der Waals surface area contributed by atoms with Crippen LogP contribution in [0.2, 0.25) is 5.02 Å². The zero-order valence-corrected chi connectivity index (χ0v) is 9.28. The lowest BCUT2D eigenvalue weighted by atomic mass is 10.1. The van der Waals surface area contributed by atoms with E-state index in [9.17, 15) is 0 Å². The van der Waals surface area contributed by atoms with Gasteiger partial charge in [0.25, 0.3) is 0 Å². The van der Waals surface area contributed by atoms with Gasteiger partial charge in [0.05, 0.1) is 17.5 Å². The SMILES string of the molecule is N#CCc1cncc(-c2ccccc2)c1Cl. The monoisotopic (exact) mass is 228 g/mol. The van der Waals surface area contributed by atoms with E-state index in [4.69, 9.17) is 16.9 Å². The molecule has 0 aliphatic rings. The topological polar surface area (TPSA) is 36.7 Å². The number of pyridine rings is 1. The maximum atomic E-state index is 8.67. The summed E-state index contributed by atoms with van der Waals surface area (Å²) in [4.78, 5) is 4.10. The van der Waals surface area contributed by atoms with Crippen LogP contribution in [0.4, 0.5) is 0 Å². The van der Waals surface area contributed by atoms with Gasteiger partial charge < -0.3 is 0 Å². The molecule has 16 heavy (non-hydrogen) atoms. The zero-order valence-electron chi connectivity index (χ0n) is 8.52. The third-order valence-electron chi connectivity index (χ3n) is 2.31. The molecule has 0 N–H and O–H groups in total. The predicted molar refractivity (Wildman–Crippen MR) is 64.0 cm³/mol. The Morgan fingerprint density at radius 1 is 1.19 bits per heavy atom. The van der Waals surface area contributed by atoms with Crippen LogP contribution in [0.15, 0.2) is 42.7 Å². The van der Waals surface area contributed by atoms with Crippen molar-refractivity contribution in [3.8, 4) is 17.2 Å². The van der Waals surface area contributed by atoms with Gasteiger partial charge in [-0.05, 0) is 5.56 Å². The maximum absolute atomic E-state index is 8.67. The highest BCUT2D eigenvalue weighted by Gasteiger charge is 2.07. The third kappa shape index (κ3) is 2.05. The van der Waals surface area contributed by atoms with Crippen molar-refractivity contribution in [2.45, 2.75) is 6.42 Å². The van der Waals surface area contributed by atoms with Gasteiger partial charge in [0.15, 0.2) is 0 Å². The average molecular weight is 229 g/mol. The van der Waals surface area contributed by atoms with E-state index in [0.717, 1.165) is 16.7 Å². The lowest BCUT2D eigenvalue weighted by Gasteiger charge is -2.06. The number of halogens is 1. The lowest BCUT2D eigenvalue weighted by Crippen LogP contribution is -1.89. The van der Waals surface area contributed by atoms with E-state index in [2.05, 4.69) is 11.1 Å². The van der Waals surface area contributed by atoms with E-state index < -0.39 is 0 Å². The number of hydrogen-bond acceptors (Lipinski definition) is 2. The molecule has 0 saturated carbocycles. The molecular weight excluding hydrogens is 220 g/mol. The van der Waals surface area contributed by atoms with Gasteiger partial charge in [0.1, 0.15) is 0 Å². The maximum Gasteiger partial charge on any atom is 0.0670 e. The van der Waals surface area contributed by atoms with Gasteiger partial charge in [-0.3, -0.25) is 4.98 Å². The molecule has 1 aromatic heterocycles. The van der Waals surface area contributed by atoms with Crippen molar-refractivity contribution in [2.24, 2.45) is 0 Å². The first-order valence-corrected chi connectivity index (χ1v) is 5.25. The molecule has 2 aromatic rings. The molecule has 0 aliphatic carbocycles. The van der Waals surface area contributed by atoms with Crippen LogP contribution in [0.5, 0.6) is 0 Å². The minimum Gasteiger partial charge on any atom is -0.264 e. The van der Waals surface area contributed by atoms with Gasteiger partial charge in [-0.1, -0.05) is 41.9 Å². The van der Waals surface area contributed by atoms with E-state index in [1.807, 2.05) is 30.3 Å². The van der Waals surface area contributed by atoms with Crippen molar-refractivity contribution in [3.63, 3.8) is 0 Å². The Morgan fingerprint density at radius 2 is 1.94 bits per heavy atom. The van der Waals surface area contributed by atoms with E-state index in [1.54, 1.807) is 12.4 Å². The van der Waals surface area contributed by atoms with Crippen LogP contribution in [0.1, 0.15) is 5.56 Å². The normalized spacial score (nSPS) is 9.75. The van der Waals surface area contributed by atoms with Gasteiger partial charge in [-0.15, -0.1) is 0 Å². The summed E-state index contributed by atoms with van der Waals surface area (Å²) in [6.07, 6.45) is 3.64. The second kappa shape index (κ2) is 4.78. The third-order valence-corrected chi connectivity index (χ3v) is 2.75. The molecule has 0 unspecified atom stereocenters. The molecule has 3 heteroatoms. The van der Waals surface area contributed by atoms with Gasteiger partial charge in [0, 0.05) is 23.5 Å². The standard InChI is InChI=1S/C13H9ClN2/c14-13-11(6-7-15)8-16-9-12(13)10-4-2-1-3-5-10/h1-5,8-9H,6H2. The van der Waals surface area contributed by atoms with Crippen LogP contribution in [-0.2, 0) is 6.42 Å². The molecule has 0 aliphatic heterocycles. The Kier molecular flexibility index (Phi) is 3.19. The lowest BCUT2D eigenvalue weighted by molar-refractivity contribution is 1.19. The number of nitrogens with zero attached hydrogens (tertiary/aromatic N) is 2. The highest BCUT2D eigenvalue weighted by atomic mass is 35.5. The molecule has 0 saturated heterocycles. The van der Waals surface area contributed by atoms with Crippen molar-refractivity contribution in [2.75, 3.05) is 0 Å². The Balaban J connectivity index is 2.51.